The predicted octanol–water partition coefficient (Wildman–Crippen LogP) is 0.246. The first-order valence-electron chi connectivity index (χ1n) is 6.31. The second-order valence-corrected chi connectivity index (χ2v) is 4.99. The molecule has 0 saturated carbocycles. The lowest BCUT2D eigenvalue weighted by Gasteiger charge is -2.16. The van der Waals surface area contributed by atoms with Gasteiger partial charge in [0.2, 0.25) is 0 Å². The Bertz CT molecular complexity index is 465. The van der Waals surface area contributed by atoms with Crippen LogP contribution in [0.2, 0.25) is 0 Å². The van der Waals surface area contributed by atoms with Crippen molar-refractivity contribution in [2.24, 2.45) is 0 Å². The molecule has 5 heteroatoms. The van der Waals surface area contributed by atoms with Gasteiger partial charge in [0.05, 0.1) is 12.2 Å². The molecule has 0 aromatic heterocycles. The van der Waals surface area contributed by atoms with E-state index in [1.807, 2.05) is 32.0 Å². The Kier molecular flexibility index (Phi) is 4.07. The van der Waals surface area contributed by atoms with Crippen LogP contribution in [0, 0.1) is 13.8 Å². The molecule has 1 amide bonds. The van der Waals surface area contributed by atoms with Crippen molar-refractivity contribution in [2.75, 3.05) is 19.7 Å². The van der Waals surface area contributed by atoms with Crippen LogP contribution in [0.3, 0.4) is 0 Å². The van der Waals surface area contributed by atoms with Crippen LogP contribution in [0.25, 0.3) is 0 Å². The van der Waals surface area contributed by atoms with Crippen LogP contribution >= 0.6 is 0 Å². The quantitative estimate of drug-likeness (QED) is 0.821. The van der Waals surface area contributed by atoms with Gasteiger partial charge in [-0.3, -0.25) is 4.79 Å². The van der Waals surface area contributed by atoms with Crippen LogP contribution in [0.5, 0.6) is 5.75 Å². The van der Waals surface area contributed by atoms with Crippen LogP contribution in [0.15, 0.2) is 18.2 Å². The van der Waals surface area contributed by atoms with Crippen molar-refractivity contribution in [1.29, 1.82) is 0 Å². The first kappa shape index (κ1) is 13.8. The van der Waals surface area contributed by atoms with Gasteiger partial charge in [0.15, 0.2) is 6.61 Å². The Hall–Kier alpha value is -1.59. The topological polar surface area (TPSA) is 70.0 Å². The van der Waals surface area contributed by atoms with Gasteiger partial charge in [0, 0.05) is 13.1 Å². The number of likely N-dealkylation sites (tertiary alicyclic amines) is 1. The number of benzene rings is 1. The highest BCUT2D eigenvalue weighted by atomic mass is 16.5. The smallest absolute Gasteiger partial charge is 0.260 e. The molecule has 1 aliphatic heterocycles. The van der Waals surface area contributed by atoms with Gasteiger partial charge in [-0.05, 0) is 25.5 Å². The largest absolute Gasteiger partial charge is 0.484 e. The number of carbonyl (C=O) groups is 1. The molecule has 0 bridgehead atoms. The highest BCUT2D eigenvalue weighted by Gasteiger charge is 2.32. The van der Waals surface area contributed by atoms with Gasteiger partial charge in [-0.1, -0.05) is 17.7 Å². The molecule has 2 atom stereocenters. The summed E-state index contributed by atoms with van der Waals surface area (Å²) in [5, 5.41) is 18.8. The van der Waals surface area contributed by atoms with Crippen LogP contribution in [0.1, 0.15) is 11.1 Å². The van der Waals surface area contributed by atoms with Crippen molar-refractivity contribution in [1.82, 2.24) is 4.90 Å². The summed E-state index contributed by atoms with van der Waals surface area (Å²) in [4.78, 5) is 13.3. The first-order chi connectivity index (χ1) is 8.97. The summed E-state index contributed by atoms with van der Waals surface area (Å²) in [7, 11) is 0. The fraction of sp³-hybridized carbons (Fsp3) is 0.500. The molecule has 0 radical (unpaired) electrons. The summed E-state index contributed by atoms with van der Waals surface area (Å²) in [5.74, 6) is 0.454. The molecule has 1 fully saturated rings. The minimum absolute atomic E-state index is 0.0800. The molecule has 0 aliphatic carbocycles. The zero-order chi connectivity index (χ0) is 14.0. The number of aliphatic hydroxyl groups excluding tert-OH is 2. The minimum atomic E-state index is -0.856. The van der Waals surface area contributed by atoms with Crippen molar-refractivity contribution in [3.05, 3.63) is 29.3 Å². The minimum Gasteiger partial charge on any atom is -0.484 e. The van der Waals surface area contributed by atoms with Crippen LogP contribution in [0.4, 0.5) is 0 Å². The van der Waals surface area contributed by atoms with Gasteiger partial charge in [-0.2, -0.15) is 0 Å². The summed E-state index contributed by atoms with van der Waals surface area (Å²) < 4.78 is 5.48. The highest BCUT2D eigenvalue weighted by molar-refractivity contribution is 5.78. The summed E-state index contributed by atoms with van der Waals surface area (Å²) >= 11 is 0. The first-order valence-corrected chi connectivity index (χ1v) is 6.31. The average Bonchev–Trinajstić information content (AvgIpc) is 2.68. The molecular weight excluding hydrogens is 246 g/mol. The van der Waals surface area contributed by atoms with Crippen molar-refractivity contribution in [3.8, 4) is 5.75 Å². The van der Waals surface area contributed by atoms with Gasteiger partial charge in [-0.25, -0.2) is 0 Å². The van der Waals surface area contributed by atoms with E-state index in [-0.39, 0.29) is 25.6 Å². The molecule has 5 nitrogen and oxygen atoms in total. The SMILES string of the molecule is Cc1ccc(OCC(=O)N2CC(O)C(O)C2)c(C)c1. The van der Waals surface area contributed by atoms with E-state index < -0.39 is 12.2 Å². The number of aryl methyl sites for hydroxylation is 2. The molecule has 1 aliphatic rings. The van der Waals surface area contributed by atoms with Crippen LogP contribution in [-0.4, -0.2) is 52.9 Å². The number of ether oxygens (including phenoxy) is 1. The molecule has 1 saturated heterocycles. The van der Waals surface area contributed by atoms with Crippen molar-refractivity contribution in [2.45, 2.75) is 26.1 Å². The Morgan fingerprint density at radius 3 is 2.53 bits per heavy atom. The Morgan fingerprint density at radius 1 is 1.32 bits per heavy atom. The second-order valence-electron chi connectivity index (χ2n) is 4.99. The standard InChI is InChI=1S/C14H19NO4/c1-9-3-4-13(10(2)5-9)19-8-14(18)15-6-11(16)12(17)7-15/h3-5,11-12,16-17H,6-8H2,1-2H3. The molecule has 19 heavy (non-hydrogen) atoms. The third-order valence-corrected chi connectivity index (χ3v) is 3.29. The molecule has 2 N–H and O–H groups in total. The lowest BCUT2D eigenvalue weighted by Crippen LogP contribution is -2.34. The maximum atomic E-state index is 11.9. The molecule has 1 aromatic carbocycles. The number of carbonyl (C=O) groups excluding carboxylic acids is 1. The summed E-state index contributed by atoms with van der Waals surface area (Å²) in [5.41, 5.74) is 2.12. The van der Waals surface area contributed by atoms with E-state index >= 15 is 0 Å². The predicted molar refractivity (Wildman–Crippen MR) is 70.0 cm³/mol. The monoisotopic (exact) mass is 265 g/mol. The van der Waals surface area contributed by atoms with Gasteiger partial charge in [0.1, 0.15) is 5.75 Å². The van der Waals surface area contributed by atoms with Crippen molar-refractivity contribution < 1.29 is 19.7 Å². The molecule has 2 rings (SSSR count). The van der Waals surface area contributed by atoms with Crippen molar-refractivity contribution in [3.63, 3.8) is 0 Å². The number of hydrogen-bond acceptors (Lipinski definition) is 4. The number of hydrogen-bond donors (Lipinski definition) is 2. The van der Waals surface area contributed by atoms with Crippen LogP contribution in [-0.2, 0) is 4.79 Å². The third kappa shape index (κ3) is 3.24. The maximum absolute atomic E-state index is 11.9. The van der Waals surface area contributed by atoms with E-state index in [1.165, 1.54) is 4.90 Å². The zero-order valence-corrected chi connectivity index (χ0v) is 11.2. The fourth-order valence-corrected chi connectivity index (χ4v) is 2.17. The van der Waals surface area contributed by atoms with E-state index in [4.69, 9.17) is 4.74 Å². The molecule has 1 aromatic rings. The number of rotatable bonds is 3. The lowest BCUT2D eigenvalue weighted by atomic mass is 10.1. The summed E-state index contributed by atoms with van der Waals surface area (Å²) in [6.07, 6.45) is -1.71. The van der Waals surface area contributed by atoms with E-state index in [9.17, 15) is 15.0 Å². The molecule has 0 spiro atoms. The number of nitrogens with zero attached hydrogens (tertiary/aromatic N) is 1. The highest BCUT2D eigenvalue weighted by Crippen LogP contribution is 2.19. The number of β-amino-alcohol motifs (C(OH)–C–C–N with tert-alkyl or cyclic N) is 2. The summed E-state index contributed by atoms with van der Waals surface area (Å²) in [6.45, 7) is 4.17. The van der Waals surface area contributed by atoms with E-state index in [0.29, 0.717) is 5.75 Å². The van der Waals surface area contributed by atoms with Crippen LogP contribution < -0.4 is 4.74 Å². The second kappa shape index (κ2) is 5.59. The summed E-state index contributed by atoms with van der Waals surface area (Å²) in [6, 6.07) is 5.75. The fourth-order valence-electron chi connectivity index (χ4n) is 2.17. The third-order valence-electron chi connectivity index (χ3n) is 3.29. The molecule has 2 unspecified atom stereocenters. The normalized spacial score (nSPS) is 22.6. The Morgan fingerprint density at radius 2 is 1.95 bits per heavy atom. The molecule has 104 valence electrons. The van der Waals surface area contributed by atoms with E-state index in [1.54, 1.807) is 0 Å². The maximum Gasteiger partial charge on any atom is 0.260 e. The lowest BCUT2D eigenvalue weighted by molar-refractivity contribution is -0.132. The van der Waals surface area contributed by atoms with E-state index in [0.717, 1.165) is 11.1 Å². The number of amides is 1. The number of aliphatic hydroxyl groups is 2. The van der Waals surface area contributed by atoms with Gasteiger partial charge in [-0.15, -0.1) is 0 Å². The van der Waals surface area contributed by atoms with Gasteiger partial charge in [0.25, 0.3) is 5.91 Å². The van der Waals surface area contributed by atoms with Crippen molar-refractivity contribution >= 4 is 5.91 Å². The van der Waals surface area contributed by atoms with E-state index in [2.05, 4.69) is 0 Å². The van der Waals surface area contributed by atoms with Gasteiger partial charge >= 0.3 is 0 Å². The average molecular weight is 265 g/mol. The molecule has 1 heterocycles. The Balaban J connectivity index is 1.90. The van der Waals surface area contributed by atoms with Gasteiger partial charge < -0.3 is 19.8 Å². The molecular formula is C14H19NO4. The zero-order valence-electron chi connectivity index (χ0n) is 11.2. The Labute approximate surface area is 112 Å².